The number of hydrogen-bond acceptors (Lipinski definition) is 6. The molecule has 1 aliphatic heterocycles. The van der Waals surface area contributed by atoms with Crippen LogP contribution in [0.1, 0.15) is 47.4 Å². The zero-order valence-electron chi connectivity index (χ0n) is 19.5. The molecule has 8 nitrogen and oxygen atoms in total. The van der Waals surface area contributed by atoms with Gasteiger partial charge in [-0.3, -0.25) is 9.36 Å². The van der Waals surface area contributed by atoms with Crippen molar-refractivity contribution in [1.29, 1.82) is 0 Å². The highest BCUT2D eigenvalue weighted by atomic mass is 35.5. The van der Waals surface area contributed by atoms with Crippen molar-refractivity contribution in [3.8, 4) is 0 Å². The zero-order valence-corrected chi connectivity index (χ0v) is 20.3. The Hall–Kier alpha value is -3.48. The first-order valence-corrected chi connectivity index (χ1v) is 11.5. The van der Waals surface area contributed by atoms with Crippen LogP contribution in [0.3, 0.4) is 0 Å². The summed E-state index contributed by atoms with van der Waals surface area (Å²) < 4.78 is 69.7. The van der Waals surface area contributed by atoms with E-state index in [4.69, 9.17) is 11.6 Å². The van der Waals surface area contributed by atoms with Gasteiger partial charge in [0, 0.05) is 38.5 Å². The average Bonchev–Trinajstić information content (AvgIpc) is 2.81. The van der Waals surface area contributed by atoms with E-state index < -0.39 is 53.8 Å². The lowest BCUT2D eigenvalue weighted by Crippen LogP contribution is -2.42. The number of aromatic carboxylic acids is 1. The minimum Gasteiger partial charge on any atom is -0.476 e. The van der Waals surface area contributed by atoms with Gasteiger partial charge in [0.25, 0.3) is 11.5 Å². The van der Waals surface area contributed by atoms with Crippen LogP contribution in [0.25, 0.3) is 10.9 Å². The van der Waals surface area contributed by atoms with Crippen molar-refractivity contribution >= 4 is 40.1 Å². The van der Waals surface area contributed by atoms with E-state index in [9.17, 15) is 36.6 Å². The number of carbonyl (C=O) groups is 1. The minimum absolute atomic E-state index is 0.0164. The number of alkyl halides is 5. The van der Waals surface area contributed by atoms with E-state index in [-0.39, 0.29) is 46.3 Å². The van der Waals surface area contributed by atoms with E-state index in [1.165, 1.54) is 31.0 Å². The number of hydrogen-bond donors (Lipinski definition) is 2. The van der Waals surface area contributed by atoms with Gasteiger partial charge in [0.2, 0.25) is 5.95 Å². The summed E-state index contributed by atoms with van der Waals surface area (Å²) in [6, 6.07) is 3.16. The molecule has 1 atom stereocenters. The van der Waals surface area contributed by atoms with Crippen LogP contribution in [-0.4, -0.2) is 44.6 Å². The van der Waals surface area contributed by atoms with Crippen LogP contribution in [0.2, 0.25) is 5.15 Å². The molecular formula is C23H21ClF5N5O3. The van der Waals surface area contributed by atoms with Crippen LogP contribution in [0.15, 0.2) is 29.1 Å². The highest BCUT2D eigenvalue weighted by Gasteiger charge is 2.36. The van der Waals surface area contributed by atoms with Crippen LogP contribution >= 0.6 is 11.6 Å². The van der Waals surface area contributed by atoms with Gasteiger partial charge in [-0.25, -0.2) is 23.5 Å². The Bertz CT molecular complexity index is 1430. The number of aromatic nitrogens is 3. The molecule has 0 spiro atoms. The fourth-order valence-electron chi connectivity index (χ4n) is 4.23. The number of carboxylic acid groups (broad SMARTS) is 1. The van der Waals surface area contributed by atoms with E-state index in [2.05, 4.69) is 15.3 Å². The molecule has 37 heavy (non-hydrogen) atoms. The van der Waals surface area contributed by atoms with E-state index in [1.54, 1.807) is 0 Å². The lowest BCUT2D eigenvalue weighted by Gasteiger charge is -2.33. The lowest BCUT2D eigenvalue weighted by molar-refractivity contribution is -0.137. The Kier molecular flexibility index (Phi) is 6.78. The van der Waals surface area contributed by atoms with Gasteiger partial charge in [0.05, 0.1) is 28.2 Å². The third kappa shape index (κ3) is 5.31. The third-order valence-electron chi connectivity index (χ3n) is 6.19. The molecule has 2 N–H and O–H groups in total. The van der Waals surface area contributed by atoms with Gasteiger partial charge in [-0.2, -0.15) is 13.2 Å². The standard InChI is InChI=1S/C23H21ClF5N5O3/c1-11(30-15-3-4-16(24)31-18(15)20(36)37)13-9-12(23(27,28)29)10-14-17(13)32-21(33(2)19(14)35)34-7-5-22(25,26)6-8-34/h3-4,9-11,30H,5-8H2,1-2H3,(H,36,37)/t11-/m1/s1. The van der Waals surface area contributed by atoms with Gasteiger partial charge in [-0.15, -0.1) is 0 Å². The smallest absolute Gasteiger partial charge is 0.416 e. The summed E-state index contributed by atoms with van der Waals surface area (Å²) in [5, 5.41) is 11.9. The molecule has 1 aliphatic rings. The van der Waals surface area contributed by atoms with Gasteiger partial charge >= 0.3 is 12.1 Å². The van der Waals surface area contributed by atoms with Crippen molar-refractivity contribution in [3.63, 3.8) is 0 Å². The van der Waals surface area contributed by atoms with Crippen molar-refractivity contribution in [3.05, 3.63) is 56.6 Å². The molecule has 1 saturated heterocycles. The number of rotatable bonds is 5. The number of nitrogens with one attached hydrogen (secondary N) is 1. The van der Waals surface area contributed by atoms with Crippen LogP contribution in [-0.2, 0) is 13.2 Å². The molecule has 14 heteroatoms. The average molecular weight is 546 g/mol. The van der Waals surface area contributed by atoms with E-state index in [1.807, 2.05) is 0 Å². The molecule has 0 amide bonds. The van der Waals surface area contributed by atoms with Gasteiger partial charge in [-0.05, 0) is 31.2 Å². The largest absolute Gasteiger partial charge is 0.476 e. The fraction of sp³-hybridized carbons (Fsp3) is 0.391. The summed E-state index contributed by atoms with van der Waals surface area (Å²) in [4.78, 5) is 34.5. The Morgan fingerprint density at radius 2 is 1.84 bits per heavy atom. The molecule has 0 aliphatic carbocycles. The minimum atomic E-state index is -4.79. The molecule has 1 fully saturated rings. The highest BCUT2D eigenvalue weighted by molar-refractivity contribution is 6.29. The molecule has 3 aromatic rings. The molecule has 1 aromatic carbocycles. The van der Waals surface area contributed by atoms with E-state index in [0.717, 1.165) is 10.6 Å². The summed E-state index contributed by atoms with van der Waals surface area (Å²) in [6.07, 6.45) is -5.71. The van der Waals surface area contributed by atoms with Crippen LogP contribution < -0.4 is 15.8 Å². The Morgan fingerprint density at radius 1 is 1.19 bits per heavy atom. The first-order valence-electron chi connectivity index (χ1n) is 11.1. The number of carboxylic acids is 1. The first-order chi connectivity index (χ1) is 17.2. The van der Waals surface area contributed by atoms with Crippen molar-refractivity contribution in [2.75, 3.05) is 23.3 Å². The van der Waals surface area contributed by atoms with Gasteiger partial charge in [0.15, 0.2) is 5.69 Å². The molecule has 0 radical (unpaired) electrons. The maximum absolute atomic E-state index is 13.7. The Balaban J connectivity index is 1.88. The molecule has 0 unspecified atom stereocenters. The molecule has 198 valence electrons. The number of piperidine rings is 1. The quantitative estimate of drug-likeness (QED) is 0.339. The lowest BCUT2D eigenvalue weighted by atomic mass is 10.00. The fourth-order valence-corrected chi connectivity index (χ4v) is 4.38. The van der Waals surface area contributed by atoms with Crippen molar-refractivity contribution in [2.24, 2.45) is 7.05 Å². The predicted molar refractivity (Wildman–Crippen MR) is 127 cm³/mol. The Labute approximate surface area is 211 Å². The molecular weight excluding hydrogens is 525 g/mol. The van der Waals surface area contributed by atoms with E-state index in [0.29, 0.717) is 6.07 Å². The van der Waals surface area contributed by atoms with Gasteiger partial charge < -0.3 is 15.3 Å². The number of nitrogens with zero attached hydrogens (tertiary/aromatic N) is 4. The second kappa shape index (κ2) is 9.43. The Morgan fingerprint density at radius 3 is 2.43 bits per heavy atom. The summed E-state index contributed by atoms with van der Waals surface area (Å²) in [7, 11) is 1.32. The normalized spacial score (nSPS) is 16.6. The number of benzene rings is 1. The van der Waals surface area contributed by atoms with Crippen LogP contribution in [0, 0.1) is 0 Å². The number of anilines is 2. The predicted octanol–water partition coefficient (Wildman–Crippen LogP) is 5.11. The second-order valence-corrected chi connectivity index (χ2v) is 9.17. The molecule has 3 heterocycles. The van der Waals surface area contributed by atoms with Gasteiger partial charge in [0.1, 0.15) is 5.15 Å². The molecule has 0 saturated carbocycles. The van der Waals surface area contributed by atoms with Crippen LogP contribution in [0.5, 0.6) is 0 Å². The second-order valence-electron chi connectivity index (χ2n) is 8.78. The third-order valence-corrected chi connectivity index (χ3v) is 6.40. The van der Waals surface area contributed by atoms with Crippen molar-refractivity contribution in [2.45, 2.75) is 37.9 Å². The maximum atomic E-state index is 13.7. The number of halogens is 6. The summed E-state index contributed by atoms with van der Waals surface area (Å²) in [5.74, 6) is -4.23. The summed E-state index contributed by atoms with van der Waals surface area (Å²) in [5.41, 5.74) is -2.46. The van der Waals surface area contributed by atoms with Crippen LogP contribution in [0.4, 0.5) is 33.6 Å². The zero-order chi connectivity index (χ0) is 27.3. The van der Waals surface area contributed by atoms with E-state index >= 15 is 0 Å². The van der Waals surface area contributed by atoms with Gasteiger partial charge in [-0.1, -0.05) is 11.6 Å². The molecule has 0 bridgehead atoms. The van der Waals surface area contributed by atoms with Crippen molar-refractivity contribution in [1.82, 2.24) is 14.5 Å². The first kappa shape index (κ1) is 26.6. The topological polar surface area (TPSA) is 100 Å². The number of fused-ring (bicyclic) bond motifs is 1. The molecule has 4 rings (SSSR count). The maximum Gasteiger partial charge on any atom is 0.416 e. The summed E-state index contributed by atoms with van der Waals surface area (Å²) >= 11 is 5.78. The van der Waals surface area contributed by atoms with Crippen molar-refractivity contribution < 1.29 is 31.9 Å². The molecule has 2 aromatic heterocycles. The summed E-state index contributed by atoms with van der Waals surface area (Å²) in [6.45, 7) is 1.28. The SMILES string of the molecule is C[C@@H](Nc1ccc(Cl)nc1C(=O)O)c1cc(C(F)(F)F)cc2c(=O)n(C)c(N3CCC(F)(F)CC3)nc12. The highest BCUT2D eigenvalue weighted by Crippen LogP contribution is 2.36. The number of pyridine rings is 1. The monoisotopic (exact) mass is 545 g/mol.